The van der Waals surface area contributed by atoms with E-state index in [0.29, 0.717) is 41.7 Å². The van der Waals surface area contributed by atoms with Gasteiger partial charge >= 0.3 is 0 Å². The molecular formula is C17H14N2O3. The molecule has 0 saturated carbocycles. The quantitative estimate of drug-likeness (QED) is 0.814. The molecule has 1 aromatic carbocycles. The third-order valence-electron chi connectivity index (χ3n) is 3.22. The minimum Gasteiger partial charge on any atom is -0.493 e. The van der Waals surface area contributed by atoms with Crippen molar-refractivity contribution in [2.45, 2.75) is 0 Å². The second kappa shape index (κ2) is 6.19. The molecule has 1 aliphatic rings. The Hall–Kier alpha value is -3.00. The molecule has 22 heavy (non-hydrogen) atoms. The first-order valence-electron chi connectivity index (χ1n) is 6.82. The minimum absolute atomic E-state index is 0.472. The highest BCUT2D eigenvalue weighted by molar-refractivity contribution is 5.88. The fourth-order valence-electron chi connectivity index (χ4n) is 2.23. The molecule has 1 aliphatic heterocycles. The largest absolute Gasteiger partial charge is 0.493 e. The number of pyridine rings is 1. The van der Waals surface area contributed by atoms with Crippen molar-refractivity contribution in [3.05, 3.63) is 47.8 Å². The van der Waals surface area contributed by atoms with E-state index in [1.165, 1.54) is 0 Å². The third kappa shape index (κ3) is 2.72. The number of fused-ring (bicyclic) bond motifs is 1. The number of nitrogens with zero attached hydrogens (tertiary/aromatic N) is 2. The van der Waals surface area contributed by atoms with Crippen molar-refractivity contribution in [1.82, 2.24) is 4.98 Å². The van der Waals surface area contributed by atoms with Crippen LogP contribution >= 0.6 is 0 Å². The number of benzene rings is 1. The van der Waals surface area contributed by atoms with Crippen molar-refractivity contribution in [3.63, 3.8) is 0 Å². The van der Waals surface area contributed by atoms with E-state index in [-0.39, 0.29) is 0 Å². The summed E-state index contributed by atoms with van der Waals surface area (Å²) in [6.45, 7) is 0.991. The maximum Gasteiger partial charge on any atom is 0.203 e. The van der Waals surface area contributed by atoms with Crippen LogP contribution in [0.2, 0.25) is 0 Å². The highest BCUT2D eigenvalue weighted by Gasteiger charge is 2.18. The summed E-state index contributed by atoms with van der Waals surface area (Å²) in [6, 6.07) is 11.3. The molecular weight excluding hydrogens is 280 g/mol. The lowest BCUT2D eigenvalue weighted by atomic mass is 10.1. The molecule has 0 unspecified atom stereocenters. The average molecular weight is 294 g/mol. The first-order chi connectivity index (χ1) is 10.8. The van der Waals surface area contributed by atoms with Crippen LogP contribution in [-0.4, -0.2) is 25.3 Å². The predicted molar refractivity (Wildman–Crippen MR) is 81.7 cm³/mol. The number of methoxy groups -OCH3 is 1. The van der Waals surface area contributed by atoms with Crippen LogP contribution in [0, 0.1) is 11.3 Å². The van der Waals surface area contributed by atoms with Gasteiger partial charge < -0.3 is 14.2 Å². The fourth-order valence-corrected chi connectivity index (χ4v) is 2.23. The van der Waals surface area contributed by atoms with Crippen LogP contribution in [-0.2, 0) is 0 Å². The second-order valence-corrected chi connectivity index (χ2v) is 4.63. The van der Waals surface area contributed by atoms with Gasteiger partial charge in [0.25, 0.3) is 0 Å². The lowest BCUT2D eigenvalue weighted by molar-refractivity contribution is 0.165. The van der Waals surface area contributed by atoms with E-state index in [9.17, 15) is 5.26 Å². The summed E-state index contributed by atoms with van der Waals surface area (Å²) in [5.41, 5.74) is 1.89. The van der Waals surface area contributed by atoms with Crippen LogP contribution in [0.1, 0.15) is 11.3 Å². The number of rotatable bonds is 3. The Morgan fingerprint density at radius 2 is 2.18 bits per heavy atom. The fraction of sp³-hybridized carbons (Fsp3) is 0.176. The molecule has 0 fully saturated rings. The van der Waals surface area contributed by atoms with E-state index < -0.39 is 0 Å². The molecule has 0 saturated heterocycles. The van der Waals surface area contributed by atoms with Crippen LogP contribution in [0.25, 0.3) is 11.6 Å². The van der Waals surface area contributed by atoms with Gasteiger partial charge in [0, 0.05) is 6.20 Å². The van der Waals surface area contributed by atoms with Crippen molar-refractivity contribution in [3.8, 4) is 23.3 Å². The zero-order valence-electron chi connectivity index (χ0n) is 12.1. The van der Waals surface area contributed by atoms with Gasteiger partial charge in [-0.25, -0.2) is 0 Å². The maximum atomic E-state index is 9.36. The topological polar surface area (TPSA) is 64.4 Å². The van der Waals surface area contributed by atoms with Gasteiger partial charge in [0.1, 0.15) is 19.3 Å². The van der Waals surface area contributed by atoms with Gasteiger partial charge in [-0.05, 0) is 35.9 Å². The first-order valence-corrected chi connectivity index (χ1v) is 6.82. The van der Waals surface area contributed by atoms with Gasteiger partial charge in [-0.2, -0.15) is 5.26 Å². The van der Waals surface area contributed by atoms with Gasteiger partial charge in [0.05, 0.1) is 18.4 Å². The smallest absolute Gasteiger partial charge is 0.203 e. The lowest BCUT2D eigenvalue weighted by Gasteiger charge is -2.21. The Kier molecular flexibility index (Phi) is 3.92. The highest BCUT2D eigenvalue weighted by atomic mass is 16.6. The standard InChI is InChI=1S/C17H14N2O3/c1-20-15-9-12(10-16-17(15)22-7-6-21-16)8-13(11-18)14-4-2-3-5-19-14/h2-5,8-10H,6-7H2,1H3/b13-8+. The molecule has 3 rings (SSSR count). The Balaban J connectivity index is 2.05. The summed E-state index contributed by atoms with van der Waals surface area (Å²) in [6.07, 6.45) is 3.41. The minimum atomic E-state index is 0.472. The molecule has 0 N–H and O–H groups in total. The van der Waals surface area contributed by atoms with E-state index in [1.54, 1.807) is 25.4 Å². The van der Waals surface area contributed by atoms with Crippen LogP contribution in [0.5, 0.6) is 17.2 Å². The third-order valence-corrected chi connectivity index (χ3v) is 3.22. The first kappa shape index (κ1) is 14.0. The summed E-state index contributed by atoms with van der Waals surface area (Å²) >= 11 is 0. The molecule has 0 aliphatic carbocycles. The van der Waals surface area contributed by atoms with Gasteiger partial charge in [0.15, 0.2) is 11.5 Å². The molecule has 0 radical (unpaired) electrons. The second-order valence-electron chi connectivity index (χ2n) is 4.63. The van der Waals surface area contributed by atoms with Crippen LogP contribution in [0.15, 0.2) is 36.5 Å². The summed E-state index contributed by atoms with van der Waals surface area (Å²) < 4.78 is 16.5. The van der Waals surface area contributed by atoms with Gasteiger partial charge in [-0.15, -0.1) is 0 Å². The molecule has 5 nitrogen and oxygen atoms in total. The molecule has 1 aromatic heterocycles. The zero-order valence-corrected chi connectivity index (χ0v) is 12.1. The summed E-state index contributed by atoms with van der Waals surface area (Å²) in [4.78, 5) is 4.20. The van der Waals surface area contributed by atoms with Crippen molar-refractivity contribution < 1.29 is 14.2 Å². The molecule has 2 aromatic rings. The van der Waals surface area contributed by atoms with Gasteiger partial charge in [-0.1, -0.05) is 6.07 Å². The van der Waals surface area contributed by atoms with Crippen molar-refractivity contribution in [2.24, 2.45) is 0 Å². The highest BCUT2D eigenvalue weighted by Crippen LogP contribution is 2.41. The SMILES string of the molecule is COc1cc(/C=C(\C#N)c2ccccn2)cc2c1OCCO2. The number of hydrogen-bond donors (Lipinski definition) is 0. The van der Waals surface area contributed by atoms with Crippen molar-refractivity contribution in [1.29, 1.82) is 5.26 Å². The molecule has 2 heterocycles. The maximum absolute atomic E-state index is 9.36. The van der Waals surface area contributed by atoms with Gasteiger partial charge in [-0.3, -0.25) is 4.98 Å². The number of allylic oxidation sites excluding steroid dienone is 1. The number of ether oxygens (including phenoxy) is 3. The average Bonchev–Trinajstić information content (AvgIpc) is 2.59. The number of nitriles is 1. The summed E-state index contributed by atoms with van der Waals surface area (Å²) in [7, 11) is 1.57. The zero-order chi connectivity index (χ0) is 15.4. The molecule has 110 valence electrons. The van der Waals surface area contributed by atoms with Crippen molar-refractivity contribution in [2.75, 3.05) is 20.3 Å². The van der Waals surface area contributed by atoms with E-state index >= 15 is 0 Å². The Bertz CT molecular complexity index is 731. The Labute approximate surface area is 128 Å². The van der Waals surface area contributed by atoms with Crippen molar-refractivity contribution >= 4 is 11.6 Å². The molecule has 0 bridgehead atoms. The molecule has 0 atom stereocenters. The van der Waals surface area contributed by atoms with E-state index in [4.69, 9.17) is 14.2 Å². The van der Waals surface area contributed by atoms with E-state index in [2.05, 4.69) is 11.1 Å². The van der Waals surface area contributed by atoms with Crippen LogP contribution in [0.4, 0.5) is 0 Å². The van der Waals surface area contributed by atoms with Crippen LogP contribution in [0.3, 0.4) is 0 Å². The normalized spacial score (nSPS) is 13.4. The van der Waals surface area contributed by atoms with E-state index in [1.807, 2.05) is 24.3 Å². The monoisotopic (exact) mass is 294 g/mol. The lowest BCUT2D eigenvalue weighted by Crippen LogP contribution is -2.16. The molecule has 0 spiro atoms. The predicted octanol–water partition coefficient (Wildman–Crippen LogP) is 2.93. The molecule has 5 heteroatoms. The summed E-state index contributed by atoms with van der Waals surface area (Å²) in [5, 5.41) is 9.36. The summed E-state index contributed by atoms with van der Waals surface area (Å²) in [5.74, 6) is 1.80. The van der Waals surface area contributed by atoms with Crippen LogP contribution < -0.4 is 14.2 Å². The number of aromatic nitrogens is 1. The molecule has 0 amide bonds. The Morgan fingerprint density at radius 1 is 1.32 bits per heavy atom. The Morgan fingerprint density at radius 3 is 2.91 bits per heavy atom. The number of hydrogen-bond acceptors (Lipinski definition) is 5. The van der Waals surface area contributed by atoms with E-state index in [0.717, 1.165) is 5.56 Å². The van der Waals surface area contributed by atoms with Gasteiger partial charge in [0.2, 0.25) is 5.75 Å².